The summed E-state index contributed by atoms with van der Waals surface area (Å²) in [7, 11) is 0. The second kappa shape index (κ2) is 6.81. The maximum atomic E-state index is 9.69. The Hall–Kier alpha value is -1.71. The first kappa shape index (κ1) is 16.2. The molecule has 2 fully saturated rings. The number of aryl methyl sites for hydroxylation is 1. The topological polar surface area (TPSA) is 71.3 Å². The molecule has 23 heavy (non-hydrogen) atoms. The predicted octanol–water partition coefficient (Wildman–Crippen LogP) is 1.86. The molecule has 2 aliphatic heterocycles. The quantitative estimate of drug-likeness (QED) is 0.847. The Morgan fingerprint density at radius 3 is 2.61 bits per heavy atom. The van der Waals surface area contributed by atoms with Crippen molar-refractivity contribution in [2.75, 3.05) is 37.8 Å². The van der Waals surface area contributed by atoms with E-state index in [2.05, 4.69) is 35.0 Å². The molecule has 0 aromatic carbocycles. The van der Waals surface area contributed by atoms with E-state index in [1.54, 1.807) is 0 Å². The second-order valence-electron chi connectivity index (χ2n) is 6.21. The third-order valence-corrected chi connectivity index (χ3v) is 4.89. The van der Waals surface area contributed by atoms with Crippen molar-refractivity contribution in [2.24, 2.45) is 0 Å². The molecule has 0 unspecified atom stereocenters. The monoisotopic (exact) mass is 316 g/mol. The summed E-state index contributed by atoms with van der Waals surface area (Å²) in [6.07, 6.45) is 3.40. The zero-order chi connectivity index (χ0) is 16.3. The number of aromatic nitrogens is 2. The van der Waals surface area contributed by atoms with E-state index in [1.807, 2.05) is 0 Å². The van der Waals surface area contributed by atoms with Crippen LogP contribution in [0.2, 0.25) is 0 Å². The maximum Gasteiger partial charge on any atom is 0.169 e. The number of anilines is 1. The number of nitriles is 1. The molecule has 3 heterocycles. The standard InChI is InChI=1S/C17H24N4O2/c1-3-13-14(11-18)16(20-19-15(13)4-2)21-7-10-23-17(12-21)5-8-22-9-6-17/h3-10,12H2,1-2H3. The van der Waals surface area contributed by atoms with Gasteiger partial charge in [0.15, 0.2) is 5.82 Å². The SMILES string of the molecule is CCc1nnc(N2CCOC3(CCOCC3)C2)c(C#N)c1CC. The zero-order valence-corrected chi connectivity index (χ0v) is 14.0. The Labute approximate surface area is 137 Å². The Morgan fingerprint density at radius 1 is 1.17 bits per heavy atom. The van der Waals surface area contributed by atoms with Gasteiger partial charge in [-0.25, -0.2) is 0 Å². The van der Waals surface area contributed by atoms with Crippen molar-refractivity contribution in [1.82, 2.24) is 10.2 Å². The Kier molecular flexibility index (Phi) is 4.79. The van der Waals surface area contributed by atoms with E-state index in [0.717, 1.165) is 69.1 Å². The number of ether oxygens (including phenoxy) is 2. The Morgan fingerprint density at radius 2 is 1.96 bits per heavy atom. The van der Waals surface area contributed by atoms with E-state index in [-0.39, 0.29) is 5.60 Å². The minimum absolute atomic E-state index is 0.166. The minimum atomic E-state index is -0.166. The first-order chi connectivity index (χ1) is 11.2. The summed E-state index contributed by atoms with van der Waals surface area (Å²) in [6, 6.07) is 2.37. The summed E-state index contributed by atoms with van der Waals surface area (Å²) in [5.41, 5.74) is 2.48. The third kappa shape index (κ3) is 3.04. The van der Waals surface area contributed by atoms with Gasteiger partial charge in [0.05, 0.1) is 17.9 Å². The van der Waals surface area contributed by atoms with Crippen molar-refractivity contribution in [3.05, 3.63) is 16.8 Å². The van der Waals surface area contributed by atoms with Crippen LogP contribution in [0.15, 0.2) is 0 Å². The highest BCUT2D eigenvalue weighted by molar-refractivity contribution is 5.58. The fourth-order valence-corrected chi connectivity index (χ4v) is 3.57. The largest absolute Gasteiger partial charge is 0.381 e. The highest BCUT2D eigenvalue weighted by atomic mass is 16.5. The van der Waals surface area contributed by atoms with Crippen LogP contribution in [0.3, 0.4) is 0 Å². The van der Waals surface area contributed by atoms with Gasteiger partial charge in [0, 0.05) is 39.1 Å². The second-order valence-corrected chi connectivity index (χ2v) is 6.21. The molecule has 2 aliphatic rings. The first-order valence-electron chi connectivity index (χ1n) is 8.48. The normalized spacial score (nSPS) is 20.5. The van der Waals surface area contributed by atoms with Gasteiger partial charge in [0.1, 0.15) is 11.6 Å². The number of hydrogen-bond donors (Lipinski definition) is 0. The highest BCUT2D eigenvalue weighted by Gasteiger charge is 2.39. The van der Waals surface area contributed by atoms with Gasteiger partial charge >= 0.3 is 0 Å². The molecule has 0 amide bonds. The van der Waals surface area contributed by atoms with Crippen molar-refractivity contribution in [1.29, 1.82) is 5.26 Å². The van der Waals surface area contributed by atoms with Crippen LogP contribution < -0.4 is 4.90 Å². The van der Waals surface area contributed by atoms with Crippen LogP contribution in [0.1, 0.15) is 43.5 Å². The molecule has 124 valence electrons. The van der Waals surface area contributed by atoms with Gasteiger partial charge in [-0.3, -0.25) is 0 Å². The summed E-state index contributed by atoms with van der Waals surface area (Å²) < 4.78 is 11.6. The zero-order valence-electron chi connectivity index (χ0n) is 14.0. The van der Waals surface area contributed by atoms with Gasteiger partial charge in [0.2, 0.25) is 0 Å². The molecule has 0 radical (unpaired) electrons. The lowest BCUT2D eigenvalue weighted by molar-refractivity contribution is -0.116. The van der Waals surface area contributed by atoms with E-state index in [4.69, 9.17) is 9.47 Å². The smallest absolute Gasteiger partial charge is 0.169 e. The van der Waals surface area contributed by atoms with Crippen LogP contribution in [-0.2, 0) is 22.3 Å². The molecular weight excluding hydrogens is 292 g/mol. The molecule has 0 saturated carbocycles. The van der Waals surface area contributed by atoms with E-state index >= 15 is 0 Å². The van der Waals surface area contributed by atoms with E-state index in [1.165, 1.54) is 0 Å². The first-order valence-corrected chi connectivity index (χ1v) is 8.48. The lowest BCUT2D eigenvalue weighted by Gasteiger charge is -2.45. The molecule has 0 bridgehead atoms. The molecule has 6 nitrogen and oxygen atoms in total. The molecule has 0 aliphatic carbocycles. The molecule has 1 aromatic rings. The van der Waals surface area contributed by atoms with Crippen molar-refractivity contribution < 1.29 is 9.47 Å². The van der Waals surface area contributed by atoms with Gasteiger partial charge in [-0.1, -0.05) is 13.8 Å². The van der Waals surface area contributed by atoms with Gasteiger partial charge in [0.25, 0.3) is 0 Å². The Balaban J connectivity index is 1.93. The predicted molar refractivity (Wildman–Crippen MR) is 86.5 cm³/mol. The molecule has 1 aromatic heterocycles. The van der Waals surface area contributed by atoms with Gasteiger partial charge in [-0.05, 0) is 18.4 Å². The number of nitrogens with zero attached hydrogens (tertiary/aromatic N) is 4. The fraction of sp³-hybridized carbons (Fsp3) is 0.706. The molecule has 3 rings (SSSR count). The number of morpholine rings is 1. The molecule has 0 atom stereocenters. The summed E-state index contributed by atoms with van der Waals surface area (Å²) in [5, 5.41) is 18.5. The van der Waals surface area contributed by atoms with Crippen molar-refractivity contribution >= 4 is 5.82 Å². The molecule has 0 N–H and O–H groups in total. The fourth-order valence-electron chi connectivity index (χ4n) is 3.57. The molecule has 1 spiro atoms. The lowest BCUT2D eigenvalue weighted by Crippen LogP contribution is -2.55. The van der Waals surface area contributed by atoms with E-state index < -0.39 is 0 Å². The van der Waals surface area contributed by atoms with Crippen LogP contribution in [0.4, 0.5) is 5.82 Å². The van der Waals surface area contributed by atoms with Crippen LogP contribution in [0.25, 0.3) is 0 Å². The third-order valence-electron chi connectivity index (χ3n) is 4.89. The number of rotatable bonds is 3. The van der Waals surface area contributed by atoms with Gasteiger partial charge in [-0.15, -0.1) is 5.10 Å². The van der Waals surface area contributed by atoms with Gasteiger partial charge < -0.3 is 14.4 Å². The number of hydrogen-bond acceptors (Lipinski definition) is 6. The summed E-state index contributed by atoms with van der Waals surface area (Å²) in [6.45, 7) is 7.76. The average molecular weight is 316 g/mol. The summed E-state index contributed by atoms with van der Waals surface area (Å²) in [4.78, 5) is 2.18. The van der Waals surface area contributed by atoms with Crippen molar-refractivity contribution in [3.63, 3.8) is 0 Å². The summed E-state index contributed by atoms with van der Waals surface area (Å²) >= 11 is 0. The summed E-state index contributed by atoms with van der Waals surface area (Å²) in [5.74, 6) is 0.718. The highest BCUT2D eigenvalue weighted by Crippen LogP contribution is 2.32. The van der Waals surface area contributed by atoms with E-state index in [9.17, 15) is 5.26 Å². The van der Waals surface area contributed by atoms with E-state index in [0.29, 0.717) is 12.2 Å². The maximum absolute atomic E-state index is 9.69. The average Bonchev–Trinajstić information content (AvgIpc) is 2.60. The van der Waals surface area contributed by atoms with Gasteiger partial charge in [-0.2, -0.15) is 10.4 Å². The Bertz CT molecular complexity index is 600. The molecule has 2 saturated heterocycles. The van der Waals surface area contributed by atoms with Crippen LogP contribution in [-0.4, -0.2) is 48.7 Å². The molecule has 6 heteroatoms. The van der Waals surface area contributed by atoms with Crippen LogP contribution in [0.5, 0.6) is 0 Å². The lowest BCUT2D eigenvalue weighted by atomic mass is 9.91. The van der Waals surface area contributed by atoms with Crippen molar-refractivity contribution in [3.8, 4) is 6.07 Å². The van der Waals surface area contributed by atoms with Crippen molar-refractivity contribution in [2.45, 2.75) is 45.1 Å². The van der Waals surface area contributed by atoms with Crippen LogP contribution in [0, 0.1) is 11.3 Å². The molecular formula is C17H24N4O2. The van der Waals surface area contributed by atoms with Crippen LogP contribution >= 0.6 is 0 Å². The minimum Gasteiger partial charge on any atom is -0.381 e.